The number of anilines is 1. The number of aromatic nitrogens is 2. The first kappa shape index (κ1) is 14.0. The molecular formula is C13H13BrN4O3. The van der Waals surface area contributed by atoms with Crippen molar-refractivity contribution in [3.8, 4) is 0 Å². The van der Waals surface area contributed by atoms with Crippen LogP contribution < -0.4 is 15.6 Å². The van der Waals surface area contributed by atoms with Crippen molar-refractivity contribution in [3.05, 3.63) is 32.5 Å². The van der Waals surface area contributed by atoms with Crippen LogP contribution in [0.5, 0.6) is 0 Å². The number of halogens is 1. The number of H-pyrrole nitrogens is 1. The number of piperazine rings is 1. The molecule has 0 atom stereocenters. The minimum Gasteiger partial charge on any atom is -0.477 e. The number of nitrogens with one attached hydrogen (secondary N) is 2. The van der Waals surface area contributed by atoms with Gasteiger partial charge in [0.1, 0.15) is 17.0 Å². The van der Waals surface area contributed by atoms with Crippen LogP contribution in [0.2, 0.25) is 0 Å². The molecule has 7 nitrogen and oxygen atoms in total. The largest absolute Gasteiger partial charge is 0.477 e. The fourth-order valence-electron chi connectivity index (χ4n) is 2.37. The second kappa shape index (κ2) is 5.45. The highest BCUT2D eigenvalue weighted by Gasteiger charge is 2.18. The van der Waals surface area contributed by atoms with E-state index in [2.05, 4.69) is 36.1 Å². The molecule has 3 heterocycles. The highest BCUT2D eigenvalue weighted by Crippen LogP contribution is 2.26. The molecule has 0 bridgehead atoms. The molecule has 1 aliphatic heterocycles. The van der Waals surface area contributed by atoms with Gasteiger partial charge in [-0.15, -0.1) is 0 Å². The average Bonchev–Trinajstić information content (AvgIpc) is 2.48. The number of carboxylic acid groups (broad SMARTS) is 1. The van der Waals surface area contributed by atoms with Crippen LogP contribution in [0.1, 0.15) is 10.4 Å². The van der Waals surface area contributed by atoms with E-state index in [4.69, 9.17) is 5.11 Å². The molecule has 0 aliphatic carbocycles. The molecule has 0 saturated carbocycles. The second-order valence-electron chi connectivity index (χ2n) is 4.76. The van der Waals surface area contributed by atoms with E-state index in [9.17, 15) is 9.59 Å². The molecule has 0 spiro atoms. The molecule has 8 heteroatoms. The standard InChI is InChI=1S/C13H13BrN4O3/c14-9-5-7-10(19)8(13(20)21)6-16-11(7)17-12(9)18-3-1-15-2-4-18/h5-6,15H,1-4H2,(H,20,21)(H,16,17,19). The summed E-state index contributed by atoms with van der Waals surface area (Å²) in [6.07, 6.45) is 1.19. The second-order valence-corrected chi connectivity index (χ2v) is 5.62. The van der Waals surface area contributed by atoms with E-state index in [1.165, 1.54) is 6.20 Å². The highest BCUT2D eigenvalue weighted by atomic mass is 79.9. The summed E-state index contributed by atoms with van der Waals surface area (Å²) in [5.41, 5.74) is -0.427. The Kier molecular flexibility index (Phi) is 3.64. The molecule has 3 rings (SSSR count). The van der Waals surface area contributed by atoms with Gasteiger partial charge in [-0.2, -0.15) is 0 Å². The van der Waals surface area contributed by atoms with E-state index in [0.29, 0.717) is 10.1 Å². The molecule has 3 N–H and O–H groups in total. The number of rotatable bonds is 2. The van der Waals surface area contributed by atoms with Gasteiger partial charge in [-0.05, 0) is 22.0 Å². The number of fused-ring (bicyclic) bond motifs is 1. The van der Waals surface area contributed by atoms with Crippen LogP contribution >= 0.6 is 15.9 Å². The molecule has 1 saturated heterocycles. The number of pyridine rings is 2. The van der Waals surface area contributed by atoms with Crippen molar-refractivity contribution in [2.75, 3.05) is 31.1 Å². The van der Waals surface area contributed by atoms with E-state index < -0.39 is 11.4 Å². The molecular weight excluding hydrogens is 340 g/mol. The fraction of sp³-hybridized carbons (Fsp3) is 0.308. The Balaban J connectivity index is 2.14. The lowest BCUT2D eigenvalue weighted by Crippen LogP contribution is -2.44. The lowest BCUT2D eigenvalue weighted by Gasteiger charge is -2.29. The normalized spacial score (nSPS) is 15.4. The van der Waals surface area contributed by atoms with Gasteiger partial charge < -0.3 is 20.3 Å². The van der Waals surface area contributed by atoms with Gasteiger partial charge in [0.2, 0.25) is 5.43 Å². The minimum atomic E-state index is -1.25. The molecule has 2 aromatic rings. The summed E-state index contributed by atoms with van der Waals surface area (Å²) >= 11 is 3.42. The molecule has 1 aliphatic rings. The van der Waals surface area contributed by atoms with Crippen molar-refractivity contribution in [2.24, 2.45) is 0 Å². The van der Waals surface area contributed by atoms with Gasteiger partial charge in [0.15, 0.2) is 0 Å². The monoisotopic (exact) mass is 352 g/mol. The lowest BCUT2D eigenvalue weighted by molar-refractivity contribution is 0.0695. The Hall–Kier alpha value is -1.93. The number of hydrogen-bond donors (Lipinski definition) is 3. The Labute approximate surface area is 128 Å². The first-order valence-corrected chi connectivity index (χ1v) is 7.28. The van der Waals surface area contributed by atoms with Gasteiger partial charge >= 0.3 is 5.97 Å². The van der Waals surface area contributed by atoms with Gasteiger partial charge in [0, 0.05) is 32.4 Å². The van der Waals surface area contributed by atoms with Crippen LogP contribution in [0, 0.1) is 0 Å². The fourth-order valence-corrected chi connectivity index (χ4v) is 2.94. The maximum atomic E-state index is 12.1. The van der Waals surface area contributed by atoms with Crippen LogP contribution in [0.3, 0.4) is 0 Å². The zero-order valence-electron chi connectivity index (χ0n) is 11.0. The third kappa shape index (κ3) is 2.52. The summed E-state index contributed by atoms with van der Waals surface area (Å²) in [5.74, 6) is -0.497. The van der Waals surface area contributed by atoms with E-state index in [1.54, 1.807) is 6.07 Å². The van der Waals surface area contributed by atoms with Gasteiger partial charge in [-0.1, -0.05) is 0 Å². The summed E-state index contributed by atoms with van der Waals surface area (Å²) in [7, 11) is 0. The molecule has 1 fully saturated rings. The SMILES string of the molecule is O=C(O)c1c[nH]c2nc(N3CCNCC3)c(Br)cc2c1=O. The Morgan fingerprint density at radius 1 is 1.38 bits per heavy atom. The highest BCUT2D eigenvalue weighted by molar-refractivity contribution is 9.10. The predicted octanol–water partition coefficient (Wildman–Crippen LogP) is 0.793. The molecule has 0 amide bonds. The van der Waals surface area contributed by atoms with Gasteiger partial charge in [-0.3, -0.25) is 4.79 Å². The van der Waals surface area contributed by atoms with Crippen LogP contribution in [0.15, 0.2) is 21.5 Å². The molecule has 0 unspecified atom stereocenters. The van der Waals surface area contributed by atoms with Crippen LogP contribution in [-0.4, -0.2) is 47.2 Å². The Bertz CT molecular complexity index is 768. The first-order valence-electron chi connectivity index (χ1n) is 6.49. The predicted molar refractivity (Wildman–Crippen MR) is 82.1 cm³/mol. The smallest absolute Gasteiger partial charge is 0.341 e. The maximum Gasteiger partial charge on any atom is 0.341 e. The van der Waals surface area contributed by atoms with Crippen LogP contribution in [0.25, 0.3) is 11.0 Å². The third-order valence-electron chi connectivity index (χ3n) is 3.45. The van der Waals surface area contributed by atoms with Gasteiger partial charge in [-0.25, -0.2) is 9.78 Å². The third-order valence-corrected chi connectivity index (χ3v) is 4.03. The number of aromatic carboxylic acids is 1. The number of hydrogen-bond acceptors (Lipinski definition) is 5. The Morgan fingerprint density at radius 2 is 2.10 bits per heavy atom. The van der Waals surface area contributed by atoms with Crippen molar-refractivity contribution >= 4 is 38.8 Å². The Morgan fingerprint density at radius 3 is 2.76 bits per heavy atom. The van der Waals surface area contributed by atoms with Crippen molar-refractivity contribution in [3.63, 3.8) is 0 Å². The zero-order valence-corrected chi connectivity index (χ0v) is 12.6. The van der Waals surface area contributed by atoms with E-state index in [1.807, 2.05) is 0 Å². The van der Waals surface area contributed by atoms with Crippen molar-refractivity contribution < 1.29 is 9.90 Å². The molecule has 0 aromatic carbocycles. The van der Waals surface area contributed by atoms with E-state index in [-0.39, 0.29) is 10.9 Å². The van der Waals surface area contributed by atoms with Gasteiger partial charge in [0.05, 0.1) is 9.86 Å². The maximum absolute atomic E-state index is 12.1. The molecule has 2 aromatic heterocycles. The summed E-state index contributed by atoms with van der Waals surface area (Å²) in [6, 6.07) is 1.63. The lowest BCUT2D eigenvalue weighted by atomic mass is 10.2. The summed E-state index contributed by atoms with van der Waals surface area (Å²) in [4.78, 5) is 32.5. The topological polar surface area (TPSA) is 98.3 Å². The number of aromatic amines is 1. The molecule has 110 valence electrons. The van der Waals surface area contributed by atoms with Crippen molar-refractivity contribution in [1.82, 2.24) is 15.3 Å². The average molecular weight is 353 g/mol. The number of carboxylic acids is 1. The van der Waals surface area contributed by atoms with E-state index in [0.717, 1.165) is 32.0 Å². The first-order chi connectivity index (χ1) is 10.1. The number of carbonyl (C=O) groups is 1. The quantitative estimate of drug-likeness (QED) is 0.739. The van der Waals surface area contributed by atoms with E-state index >= 15 is 0 Å². The molecule has 21 heavy (non-hydrogen) atoms. The molecule has 0 radical (unpaired) electrons. The van der Waals surface area contributed by atoms with Crippen LogP contribution in [0.4, 0.5) is 5.82 Å². The summed E-state index contributed by atoms with van der Waals surface area (Å²) in [5, 5.41) is 12.5. The summed E-state index contributed by atoms with van der Waals surface area (Å²) < 4.78 is 0.685. The minimum absolute atomic E-state index is 0.264. The number of nitrogens with zero attached hydrogens (tertiary/aromatic N) is 2. The van der Waals surface area contributed by atoms with Crippen molar-refractivity contribution in [2.45, 2.75) is 0 Å². The van der Waals surface area contributed by atoms with Crippen molar-refractivity contribution in [1.29, 1.82) is 0 Å². The zero-order chi connectivity index (χ0) is 15.0. The van der Waals surface area contributed by atoms with Gasteiger partial charge in [0.25, 0.3) is 0 Å². The summed E-state index contributed by atoms with van der Waals surface area (Å²) in [6.45, 7) is 3.41. The van der Waals surface area contributed by atoms with Crippen LogP contribution in [-0.2, 0) is 0 Å².